The molecule has 0 aliphatic carbocycles. The van der Waals surface area contributed by atoms with Crippen LogP contribution in [0.2, 0.25) is 0 Å². The smallest absolute Gasteiger partial charge is 0.410 e. The molecule has 0 bridgehead atoms. The van der Waals surface area contributed by atoms with Crippen LogP contribution in [0.15, 0.2) is 30.3 Å². The van der Waals surface area contributed by atoms with Crippen LogP contribution in [0, 0.1) is 5.92 Å². The highest BCUT2D eigenvalue weighted by Crippen LogP contribution is 2.16. The zero-order chi connectivity index (χ0) is 11.4. The second kappa shape index (κ2) is 5.01. The van der Waals surface area contributed by atoms with Crippen LogP contribution in [0.3, 0.4) is 0 Å². The van der Waals surface area contributed by atoms with Crippen LogP contribution in [-0.4, -0.2) is 24.1 Å². The van der Waals surface area contributed by atoms with Crippen LogP contribution in [0.5, 0.6) is 0 Å². The molecule has 1 aromatic carbocycles. The third-order valence-corrected chi connectivity index (χ3v) is 2.89. The Balaban J connectivity index is 1.80. The van der Waals surface area contributed by atoms with E-state index in [-0.39, 0.29) is 6.09 Å². The molecule has 3 nitrogen and oxygen atoms in total. The summed E-state index contributed by atoms with van der Waals surface area (Å²) in [6.45, 7) is 4.18. The lowest BCUT2D eigenvalue weighted by atomic mass is 10.2. The summed E-state index contributed by atoms with van der Waals surface area (Å²) >= 11 is 0. The zero-order valence-corrected chi connectivity index (χ0v) is 9.56. The molecule has 0 radical (unpaired) electrons. The monoisotopic (exact) mass is 219 g/mol. The lowest BCUT2D eigenvalue weighted by Crippen LogP contribution is -2.28. The van der Waals surface area contributed by atoms with Crippen molar-refractivity contribution < 1.29 is 9.53 Å². The lowest BCUT2D eigenvalue weighted by molar-refractivity contribution is 0.103. The highest BCUT2D eigenvalue weighted by Gasteiger charge is 2.24. The van der Waals surface area contributed by atoms with Crippen LogP contribution >= 0.6 is 0 Å². The summed E-state index contributed by atoms with van der Waals surface area (Å²) in [5.74, 6) is 0.601. The fraction of sp³-hybridized carbons (Fsp3) is 0.462. The van der Waals surface area contributed by atoms with Gasteiger partial charge in [0, 0.05) is 13.1 Å². The average Bonchev–Trinajstić information content (AvgIpc) is 2.74. The van der Waals surface area contributed by atoms with Gasteiger partial charge in [-0.25, -0.2) is 4.79 Å². The van der Waals surface area contributed by atoms with Crippen LogP contribution in [0.25, 0.3) is 0 Å². The van der Waals surface area contributed by atoms with Gasteiger partial charge in [-0.3, -0.25) is 0 Å². The quantitative estimate of drug-likeness (QED) is 0.765. The van der Waals surface area contributed by atoms with Crippen molar-refractivity contribution in [3.8, 4) is 0 Å². The maximum Gasteiger partial charge on any atom is 0.410 e. The third kappa shape index (κ3) is 2.75. The molecule has 86 valence electrons. The Hall–Kier alpha value is -1.51. The van der Waals surface area contributed by atoms with E-state index in [4.69, 9.17) is 4.74 Å². The number of benzene rings is 1. The van der Waals surface area contributed by atoms with Gasteiger partial charge in [0.2, 0.25) is 0 Å². The third-order valence-electron chi connectivity index (χ3n) is 2.89. The molecule has 0 N–H and O–H groups in total. The van der Waals surface area contributed by atoms with Crippen LogP contribution in [0.1, 0.15) is 18.9 Å². The Bertz CT molecular complexity index is 350. The minimum Gasteiger partial charge on any atom is -0.445 e. The van der Waals surface area contributed by atoms with E-state index in [2.05, 4.69) is 6.92 Å². The molecule has 1 fully saturated rings. The number of hydrogen-bond donors (Lipinski definition) is 0. The van der Waals surface area contributed by atoms with Crippen molar-refractivity contribution >= 4 is 6.09 Å². The summed E-state index contributed by atoms with van der Waals surface area (Å²) in [5, 5.41) is 0. The molecule has 0 saturated carbocycles. The standard InChI is InChI=1S/C13H17NO2/c1-11-7-8-14(9-11)13(15)16-10-12-5-3-2-4-6-12/h2-6,11H,7-10H2,1H3. The molecule has 2 rings (SSSR count). The fourth-order valence-corrected chi connectivity index (χ4v) is 1.91. The normalized spacial score (nSPS) is 19.8. The van der Waals surface area contributed by atoms with Crippen molar-refractivity contribution in [2.24, 2.45) is 5.92 Å². The molecule has 0 aromatic heterocycles. The fourth-order valence-electron chi connectivity index (χ4n) is 1.91. The van der Waals surface area contributed by atoms with E-state index in [0.717, 1.165) is 25.1 Å². The minimum atomic E-state index is -0.187. The van der Waals surface area contributed by atoms with E-state index in [1.807, 2.05) is 30.3 Å². The first kappa shape index (κ1) is 11.0. The van der Waals surface area contributed by atoms with Crippen molar-refractivity contribution in [2.75, 3.05) is 13.1 Å². The Labute approximate surface area is 96.0 Å². The molecule has 1 heterocycles. The number of hydrogen-bond acceptors (Lipinski definition) is 2. The number of nitrogens with zero attached hydrogens (tertiary/aromatic N) is 1. The summed E-state index contributed by atoms with van der Waals surface area (Å²) in [7, 11) is 0. The number of ether oxygens (including phenoxy) is 1. The van der Waals surface area contributed by atoms with Crippen LogP contribution < -0.4 is 0 Å². The van der Waals surface area contributed by atoms with Gasteiger partial charge in [-0.2, -0.15) is 0 Å². The first-order valence-corrected chi connectivity index (χ1v) is 5.71. The van der Waals surface area contributed by atoms with Gasteiger partial charge < -0.3 is 9.64 Å². The second-order valence-electron chi connectivity index (χ2n) is 4.38. The summed E-state index contributed by atoms with van der Waals surface area (Å²) in [4.78, 5) is 13.5. The summed E-state index contributed by atoms with van der Waals surface area (Å²) in [6.07, 6.45) is 0.897. The molecule has 3 heteroatoms. The van der Waals surface area contributed by atoms with E-state index < -0.39 is 0 Å². The van der Waals surface area contributed by atoms with Crippen molar-refractivity contribution in [3.63, 3.8) is 0 Å². The predicted octanol–water partition coefficient (Wildman–Crippen LogP) is 2.67. The van der Waals surface area contributed by atoms with Gasteiger partial charge in [-0.15, -0.1) is 0 Å². The van der Waals surface area contributed by atoms with Gasteiger partial charge in [0.25, 0.3) is 0 Å². The molecule has 1 amide bonds. The van der Waals surface area contributed by atoms with Gasteiger partial charge in [0.1, 0.15) is 6.61 Å². The molecule has 1 atom stereocenters. The molecule has 1 saturated heterocycles. The first-order valence-electron chi connectivity index (χ1n) is 5.71. The Morgan fingerprint density at radius 2 is 2.19 bits per heavy atom. The Morgan fingerprint density at radius 1 is 1.44 bits per heavy atom. The molecular formula is C13H17NO2. The topological polar surface area (TPSA) is 29.5 Å². The van der Waals surface area contributed by atoms with Gasteiger partial charge in [0.05, 0.1) is 0 Å². The number of rotatable bonds is 2. The largest absolute Gasteiger partial charge is 0.445 e. The molecule has 1 aliphatic heterocycles. The zero-order valence-electron chi connectivity index (χ0n) is 9.56. The van der Waals surface area contributed by atoms with E-state index >= 15 is 0 Å². The molecule has 0 spiro atoms. The number of amides is 1. The number of likely N-dealkylation sites (tertiary alicyclic amines) is 1. The highest BCUT2D eigenvalue weighted by molar-refractivity contribution is 5.67. The van der Waals surface area contributed by atoms with Gasteiger partial charge in [0.15, 0.2) is 0 Å². The average molecular weight is 219 g/mol. The maximum absolute atomic E-state index is 11.7. The minimum absolute atomic E-state index is 0.187. The van der Waals surface area contributed by atoms with Gasteiger partial charge >= 0.3 is 6.09 Å². The summed E-state index contributed by atoms with van der Waals surface area (Å²) < 4.78 is 5.25. The second-order valence-corrected chi connectivity index (χ2v) is 4.38. The molecule has 16 heavy (non-hydrogen) atoms. The Kier molecular flexibility index (Phi) is 3.44. The van der Waals surface area contributed by atoms with Gasteiger partial charge in [-0.1, -0.05) is 37.3 Å². The maximum atomic E-state index is 11.7. The van der Waals surface area contributed by atoms with Crippen molar-refractivity contribution in [1.29, 1.82) is 0 Å². The predicted molar refractivity (Wildman–Crippen MR) is 62.0 cm³/mol. The van der Waals surface area contributed by atoms with E-state index in [9.17, 15) is 4.79 Å². The number of carbonyl (C=O) groups is 1. The molecule has 1 aromatic rings. The van der Waals surface area contributed by atoms with E-state index in [1.165, 1.54) is 0 Å². The lowest BCUT2D eigenvalue weighted by Gasteiger charge is -2.15. The molecular weight excluding hydrogens is 202 g/mol. The SMILES string of the molecule is CC1CCN(C(=O)OCc2ccccc2)C1. The van der Waals surface area contributed by atoms with E-state index in [1.54, 1.807) is 4.90 Å². The Morgan fingerprint density at radius 3 is 2.81 bits per heavy atom. The van der Waals surface area contributed by atoms with Crippen molar-refractivity contribution in [1.82, 2.24) is 4.90 Å². The van der Waals surface area contributed by atoms with E-state index in [0.29, 0.717) is 12.5 Å². The van der Waals surface area contributed by atoms with Crippen molar-refractivity contribution in [3.05, 3.63) is 35.9 Å². The van der Waals surface area contributed by atoms with Crippen molar-refractivity contribution in [2.45, 2.75) is 20.0 Å². The molecule has 1 unspecified atom stereocenters. The van der Waals surface area contributed by atoms with Crippen LogP contribution in [-0.2, 0) is 11.3 Å². The highest BCUT2D eigenvalue weighted by atomic mass is 16.6. The van der Waals surface area contributed by atoms with Crippen LogP contribution in [0.4, 0.5) is 4.79 Å². The first-order chi connectivity index (χ1) is 7.75. The number of carbonyl (C=O) groups excluding carboxylic acids is 1. The molecule has 1 aliphatic rings. The summed E-state index contributed by atoms with van der Waals surface area (Å²) in [5.41, 5.74) is 1.03. The van der Waals surface area contributed by atoms with Gasteiger partial charge in [-0.05, 0) is 17.9 Å². The summed E-state index contributed by atoms with van der Waals surface area (Å²) in [6, 6.07) is 9.76.